The summed E-state index contributed by atoms with van der Waals surface area (Å²) in [4.78, 5) is 19.6. The Bertz CT molecular complexity index is 1060. The van der Waals surface area contributed by atoms with Crippen molar-refractivity contribution in [2.45, 2.75) is 13.3 Å². The lowest BCUT2D eigenvalue weighted by Gasteiger charge is -2.21. The highest BCUT2D eigenvalue weighted by molar-refractivity contribution is 6.30. The number of aromatic amines is 1. The Morgan fingerprint density at radius 2 is 2.19 bits per heavy atom. The van der Waals surface area contributed by atoms with Gasteiger partial charge in [0.15, 0.2) is 11.5 Å². The maximum absolute atomic E-state index is 12.6. The van der Waals surface area contributed by atoms with Crippen molar-refractivity contribution in [2.24, 2.45) is 0 Å². The van der Waals surface area contributed by atoms with E-state index in [0.29, 0.717) is 40.7 Å². The van der Waals surface area contributed by atoms with Crippen molar-refractivity contribution in [1.29, 1.82) is 0 Å². The lowest BCUT2D eigenvalue weighted by Crippen LogP contribution is -2.20. The fourth-order valence-corrected chi connectivity index (χ4v) is 3.09. The molecule has 0 atom stereocenters. The zero-order chi connectivity index (χ0) is 18.3. The Hall–Kier alpha value is -2.99. The summed E-state index contributed by atoms with van der Waals surface area (Å²) < 4.78 is 11.5. The van der Waals surface area contributed by atoms with Crippen LogP contribution in [-0.4, -0.2) is 21.7 Å². The molecule has 6 nitrogen and oxygen atoms in total. The molecule has 0 aliphatic carbocycles. The van der Waals surface area contributed by atoms with Crippen LogP contribution in [-0.2, 0) is 6.42 Å². The number of benzene rings is 2. The van der Waals surface area contributed by atoms with E-state index in [1.165, 1.54) is 12.1 Å². The zero-order valence-corrected chi connectivity index (χ0v) is 14.6. The first-order valence-corrected chi connectivity index (χ1v) is 8.49. The second-order valence-corrected chi connectivity index (χ2v) is 6.25. The summed E-state index contributed by atoms with van der Waals surface area (Å²) in [5.41, 5.74) is 1.28. The minimum absolute atomic E-state index is 0.0382. The molecule has 4 rings (SSSR count). The number of para-hydroxylation sites is 1. The number of phenols is 1. The smallest absolute Gasteiger partial charge is 0.258 e. The first kappa shape index (κ1) is 16.5. The Labute approximate surface area is 154 Å². The first-order valence-electron chi connectivity index (χ1n) is 8.11. The number of H-pyrrole nitrogens is 1. The molecule has 0 fully saturated rings. The van der Waals surface area contributed by atoms with Crippen LogP contribution in [0.4, 0.5) is 0 Å². The summed E-state index contributed by atoms with van der Waals surface area (Å²) >= 11 is 5.99. The minimum atomic E-state index is -0.322. The maximum Gasteiger partial charge on any atom is 0.258 e. The number of hydrogen-bond acceptors (Lipinski definition) is 5. The van der Waals surface area contributed by atoms with Crippen molar-refractivity contribution in [3.8, 4) is 34.5 Å². The van der Waals surface area contributed by atoms with Crippen molar-refractivity contribution in [1.82, 2.24) is 9.97 Å². The van der Waals surface area contributed by atoms with E-state index in [4.69, 9.17) is 21.1 Å². The van der Waals surface area contributed by atoms with Gasteiger partial charge in [-0.1, -0.05) is 23.7 Å². The second-order valence-electron chi connectivity index (χ2n) is 5.82. The molecule has 26 heavy (non-hydrogen) atoms. The number of aromatic hydroxyl groups is 1. The number of rotatable bonds is 3. The van der Waals surface area contributed by atoms with Gasteiger partial charge in [-0.05, 0) is 31.2 Å². The molecule has 1 aliphatic heterocycles. The van der Waals surface area contributed by atoms with Gasteiger partial charge >= 0.3 is 0 Å². The summed E-state index contributed by atoms with van der Waals surface area (Å²) in [6.07, 6.45) is 0.385. The number of ether oxygens (including phenoxy) is 2. The lowest BCUT2D eigenvalue weighted by atomic mass is 10.0. The Morgan fingerprint density at radius 3 is 3.00 bits per heavy atom. The van der Waals surface area contributed by atoms with Crippen LogP contribution in [0.25, 0.3) is 11.4 Å². The Balaban J connectivity index is 1.83. The van der Waals surface area contributed by atoms with Crippen LogP contribution in [0.3, 0.4) is 0 Å². The molecule has 2 N–H and O–H groups in total. The number of fused-ring (bicyclic) bond motifs is 2. The standard InChI is InChI=1S/C19H15ClN2O4/c1-2-25-15-5-3-4-10-8-13-18(24)21-17(22-19(13)26-16(10)15)12-9-11(20)6-7-14(12)23/h3-7,9,23H,2,8H2,1H3,(H,21,22,24). The van der Waals surface area contributed by atoms with E-state index in [9.17, 15) is 9.90 Å². The molecule has 0 saturated heterocycles. The highest BCUT2D eigenvalue weighted by Gasteiger charge is 2.25. The molecule has 3 aromatic rings. The van der Waals surface area contributed by atoms with Crippen LogP contribution in [0.2, 0.25) is 5.02 Å². The van der Waals surface area contributed by atoms with Crippen molar-refractivity contribution >= 4 is 11.6 Å². The van der Waals surface area contributed by atoms with Crippen LogP contribution in [0.1, 0.15) is 18.1 Å². The SMILES string of the molecule is CCOc1cccc2c1Oc1nc(-c3cc(Cl)ccc3O)[nH]c(=O)c1C2. The summed E-state index contributed by atoms with van der Waals surface area (Å²) in [5, 5.41) is 10.5. The van der Waals surface area contributed by atoms with Gasteiger partial charge in [0.25, 0.3) is 5.56 Å². The highest BCUT2D eigenvalue weighted by atomic mass is 35.5. The molecule has 0 spiro atoms. The van der Waals surface area contributed by atoms with Gasteiger partial charge in [-0.15, -0.1) is 0 Å². The largest absolute Gasteiger partial charge is 0.507 e. The third-order valence-corrected chi connectivity index (χ3v) is 4.35. The molecule has 1 aromatic heterocycles. The normalized spacial score (nSPS) is 12.1. The van der Waals surface area contributed by atoms with Crippen molar-refractivity contribution in [2.75, 3.05) is 6.61 Å². The topological polar surface area (TPSA) is 84.4 Å². The molecule has 2 heterocycles. The number of phenolic OH excluding ortho intramolecular Hbond substituents is 1. The van der Waals surface area contributed by atoms with E-state index in [2.05, 4.69) is 9.97 Å². The van der Waals surface area contributed by atoms with Gasteiger partial charge in [0.1, 0.15) is 11.6 Å². The van der Waals surface area contributed by atoms with Gasteiger partial charge in [0.05, 0.1) is 17.7 Å². The van der Waals surface area contributed by atoms with E-state index >= 15 is 0 Å². The maximum atomic E-state index is 12.6. The highest BCUT2D eigenvalue weighted by Crippen LogP contribution is 2.41. The number of aromatic nitrogens is 2. The van der Waals surface area contributed by atoms with Gasteiger partial charge in [0, 0.05) is 17.0 Å². The van der Waals surface area contributed by atoms with Crippen LogP contribution in [0.5, 0.6) is 23.1 Å². The Kier molecular flexibility index (Phi) is 4.05. The molecule has 2 aromatic carbocycles. The van der Waals surface area contributed by atoms with Crippen LogP contribution in [0, 0.1) is 0 Å². The summed E-state index contributed by atoms with van der Waals surface area (Å²) in [6, 6.07) is 10.1. The second kappa shape index (κ2) is 6.38. The van der Waals surface area contributed by atoms with E-state index in [1.54, 1.807) is 6.07 Å². The van der Waals surface area contributed by atoms with Crippen molar-refractivity contribution in [3.63, 3.8) is 0 Å². The van der Waals surface area contributed by atoms with E-state index in [1.807, 2.05) is 25.1 Å². The Morgan fingerprint density at radius 1 is 1.35 bits per heavy atom. The third kappa shape index (κ3) is 2.78. The average Bonchev–Trinajstić information content (AvgIpc) is 2.63. The molecule has 0 unspecified atom stereocenters. The van der Waals surface area contributed by atoms with Crippen molar-refractivity contribution in [3.05, 3.63) is 62.9 Å². The molecule has 0 saturated carbocycles. The number of hydrogen-bond donors (Lipinski definition) is 2. The number of halogens is 1. The molecule has 0 amide bonds. The average molecular weight is 371 g/mol. The molecule has 132 valence electrons. The fourth-order valence-electron chi connectivity index (χ4n) is 2.92. The van der Waals surface area contributed by atoms with Crippen LogP contribution < -0.4 is 15.0 Å². The first-order chi connectivity index (χ1) is 12.6. The summed E-state index contributed by atoms with van der Waals surface area (Å²) in [6.45, 7) is 2.39. The number of nitrogens with zero attached hydrogens (tertiary/aromatic N) is 1. The van der Waals surface area contributed by atoms with E-state index < -0.39 is 0 Å². The van der Waals surface area contributed by atoms with Gasteiger partial charge in [-0.25, -0.2) is 0 Å². The van der Waals surface area contributed by atoms with Crippen molar-refractivity contribution < 1.29 is 14.6 Å². The third-order valence-electron chi connectivity index (χ3n) is 4.12. The fraction of sp³-hybridized carbons (Fsp3) is 0.158. The zero-order valence-electron chi connectivity index (χ0n) is 13.9. The quantitative estimate of drug-likeness (QED) is 0.571. The molecule has 7 heteroatoms. The molecule has 0 bridgehead atoms. The predicted molar refractivity (Wildman–Crippen MR) is 97.5 cm³/mol. The van der Waals surface area contributed by atoms with E-state index in [0.717, 1.165) is 5.56 Å². The van der Waals surface area contributed by atoms with Crippen LogP contribution in [0.15, 0.2) is 41.2 Å². The molecular formula is C19H15ClN2O4. The number of nitrogens with one attached hydrogen (secondary N) is 1. The molecule has 0 radical (unpaired) electrons. The van der Waals surface area contributed by atoms with Gasteiger partial charge in [0.2, 0.25) is 5.88 Å². The van der Waals surface area contributed by atoms with Crippen LogP contribution >= 0.6 is 11.6 Å². The molecular weight excluding hydrogens is 356 g/mol. The van der Waals surface area contributed by atoms with Gasteiger partial charge < -0.3 is 19.6 Å². The predicted octanol–water partition coefficient (Wildman–Crippen LogP) is 3.89. The monoisotopic (exact) mass is 370 g/mol. The summed E-state index contributed by atoms with van der Waals surface area (Å²) in [7, 11) is 0. The van der Waals surface area contributed by atoms with E-state index in [-0.39, 0.29) is 23.0 Å². The molecule has 1 aliphatic rings. The van der Waals surface area contributed by atoms with Gasteiger partial charge in [-0.2, -0.15) is 4.98 Å². The minimum Gasteiger partial charge on any atom is -0.507 e. The summed E-state index contributed by atoms with van der Waals surface area (Å²) in [5.74, 6) is 1.50. The lowest BCUT2D eigenvalue weighted by molar-refractivity contribution is 0.315. The van der Waals surface area contributed by atoms with Gasteiger partial charge in [-0.3, -0.25) is 4.79 Å².